The van der Waals surface area contributed by atoms with Crippen LogP contribution in [0.3, 0.4) is 0 Å². The molecule has 110 valence electrons. The van der Waals surface area contributed by atoms with Crippen LogP contribution in [-0.2, 0) is 9.59 Å². The molecule has 0 radical (unpaired) electrons. The van der Waals surface area contributed by atoms with E-state index in [1.165, 1.54) is 6.92 Å². The van der Waals surface area contributed by atoms with E-state index in [1.54, 1.807) is 20.1 Å². The van der Waals surface area contributed by atoms with E-state index in [1.807, 2.05) is 19.9 Å². The monoisotopic (exact) mass is 279 g/mol. The van der Waals surface area contributed by atoms with Gasteiger partial charge in [0.1, 0.15) is 5.75 Å². The van der Waals surface area contributed by atoms with Crippen molar-refractivity contribution in [1.82, 2.24) is 0 Å². The number of benzene rings is 1. The van der Waals surface area contributed by atoms with Crippen LogP contribution >= 0.6 is 0 Å². The highest BCUT2D eigenvalue weighted by molar-refractivity contribution is 5.95. The lowest BCUT2D eigenvalue weighted by Gasteiger charge is -2.18. The van der Waals surface area contributed by atoms with Crippen molar-refractivity contribution in [3.05, 3.63) is 23.3 Å². The minimum Gasteiger partial charge on any atom is -0.496 e. The largest absolute Gasteiger partial charge is 0.496 e. The average Bonchev–Trinajstić information content (AvgIpc) is 2.40. The van der Waals surface area contributed by atoms with Crippen molar-refractivity contribution in [2.24, 2.45) is 11.8 Å². The Balaban J connectivity index is 2.94. The Labute approximate surface area is 118 Å². The van der Waals surface area contributed by atoms with Crippen molar-refractivity contribution in [1.29, 1.82) is 0 Å². The normalized spacial score (nSPS) is 13.4. The van der Waals surface area contributed by atoms with E-state index in [9.17, 15) is 9.59 Å². The highest BCUT2D eigenvalue weighted by atomic mass is 16.5. The van der Waals surface area contributed by atoms with Gasteiger partial charge in [0.2, 0.25) is 5.91 Å². The number of hydrogen-bond donors (Lipinski definition) is 2. The Kier molecular flexibility index (Phi) is 5.13. The fraction of sp³-hybridized carbons (Fsp3) is 0.467. The number of aliphatic carboxylic acids is 1. The smallest absolute Gasteiger partial charge is 0.307 e. The maximum absolute atomic E-state index is 12.1. The van der Waals surface area contributed by atoms with Gasteiger partial charge in [0, 0.05) is 17.2 Å². The Morgan fingerprint density at radius 2 is 1.80 bits per heavy atom. The summed E-state index contributed by atoms with van der Waals surface area (Å²) < 4.78 is 5.30. The lowest BCUT2D eigenvalue weighted by Crippen LogP contribution is -2.30. The first-order valence-corrected chi connectivity index (χ1v) is 6.47. The van der Waals surface area contributed by atoms with Crippen LogP contribution in [0.4, 0.5) is 5.69 Å². The van der Waals surface area contributed by atoms with Gasteiger partial charge in [0.05, 0.1) is 13.0 Å². The first kappa shape index (κ1) is 16.0. The van der Waals surface area contributed by atoms with E-state index in [-0.39, 0.29) is 5.91 Å². The van der Waals surface area contributed by atoms with Crippen molar-refractivity contribution in [3.8, 4) is 5.75 Å². The molecule has 2 N–H and O–H groups in total. The zero-order chi connectivity index (χ0) is 15.4. The molecule has 0 saturated carbocycles. The van der Waals surface area contributed by atoms with Gasteiger partial charge in [0.15, 0.2) is 0 Å². The lowest BCUT2D eigenvalue weighted by molar-refractivity contribution is -0.145. The molecule has 5 nitrogen and oxygen atoms in total. The van der Waals surface area contributed by atoms with Gasteiger partial charge in [-0.15, -0.1) is 0 Å². The van der Waals surface area contributed by atoms with Crippen LogP contribution in [0, 0.1) is 25.7 Å². The maximum atomic E-state index is 12.1. The lowest BCUT2D eigenvalue weighted by atomic mass is 9.95. The van der Waals surface area contributed by atoms with Gasteiger partial charge in [-0.05, 0) is 25.5 Å². The Morgan fingerprint density at radius 1 is 1.20 bits per heavy atom. The zero-order valence-corrected chi connectivity index (χ0v) is 12.5. The second-order valence-corrected chi connectivity index (χ2v) is 4.99. The van der Waals surface area contributed by atoms with E-state index in [4.69, 9.17) is 9.84 Å². The highest BCUT2D eigenvalue weighted by Gasteiger charge is 2.26. The Bertz CT molecular complexity index is 525. The summed E-state index contributed by atoms with van der Waals surface area (Å²) in [7, 11) is 1.58. The van der Waals surface area contributed by atoms with Crippen molar-refractivity contribution < 1.29 is 19.4 Å². The third-order valence-electron chi connectivity index (χ3n) is 3.62. The van der Waals surface area contributed by atoms with Gasteiger partial charge >= 0.3 is 5.97 Å². The molecule has 0 spiro atoms. The first-order valence-electron chi connectivity index (χ1n) is 6.47. The van der Waals surface area contributed by atoms with Crippen LogP contribution in [0.5, 0.6) is 5.75 Å². The minimum absolute atomic E-state index is 0.311. The van der Waals surface area contributed by atoms with Crippen LogP contribution < -0.4 is 10.1 Å². The predicted octanol–water partition coefficient (Wildman–Crippen LogP) is 2.61. The standard InChI is InChI=1S/C15H21NO4/c1-8-6-7-12(11(4)13(8)20-5)16-14(17)9(2)10(3)15(18)19/h6-7,9-10H,1-5H3,(H,16,17)(H,18,19). The quantitative estimate of drug-likeness (QED) is 0.868. The molecule has 1 aromatic carbocycles. The van der Waals surface area contributed by atoms with Crippen molar-refractivity contribution in [3.63, 3.8) is 0 Å². The number of aryl methyl sites for hydroxylation is 1. The maximum Gasteiger partial charge on any atom is 0.307 e. The molecule has 2 atom stereocenters. The number of anilines is 1. The molecule has 0 bridgehead atoms. The number of carboxylic acid groups (broad SMARTS) is 1. The molecule has 2 unspecified atom stereocenters. The van der Waals surface area contributed by atoms with Gasteiger partial charge in [-0.25, -0.2) is 0 Å². The molecule has 0 aliphatic rings. The number of rotatable bonds is 5. The summed E-state index contributed by atoms with van der Waals surface area (Å²) in [5, 5.41) is 11.7. The van der Waals surface area contributed by atoms with Crippen molar-refractivity contribution in [2.45, 2.75) is 27.7 Å². The topological polar surface area (TPSA) is 75.6 Å². The summed E-state index contributed by atoms with van der Waals surface area (Å²) >= 11 is 0. The van der Waals surface area contributed by atoms with Gasteiger partial charge in [-0.1, -0.05) is 19.9 Å². The average molecular weight is 279 g/mol. The third-order valence-corrected chi connectivity index (χ3v) is 3.62. The fourth-order valence-corrected chi connectivity index (χ4v) is 1.96. The number of nitrogens with one attached hydrogen (secondary N) is 1. The van der Waals surface area contributed by atoms with E-state index in [2.05, 4.69) is 5.32 Å². The minimum atomic E-state index is -0.981. The fourth-order valence-electron chi connectivity index (χ4n) is 1.96. The molecule has 5 heteroatoms. The Hall–Kier alpha value is -2.04. The van der Waals surface area contributed by atoms with Gasteiger partial charge < -0.3 is 15.2 Å². The van der Waals surface area contributed by atoms with Crippen LogP contribution in [-0.4, -0.2) is 24.1 Å². The predicted molar refractivity (Wildman–Crippen MR) is 77.1 cm³/mol. The Morgan fingerprint density at radius 3 is 2.30 bits per heavy atom. The van der Waals surface area contributed by atoms with Gasteiger partial charge in [-0.3, -0.25) is 9.59 Å². The molecule has 20 heavy (non-hydrogen) atoms. The number of carboxylic acids is 1. The van der Waals surface area contributed by atoms with Crippen molar-refractivity contribution >= 4 is 17.6 Å². The second-order valence-electron chi connectivity index (χ2n) is 4.99. The SMILES string of the molecule is COc1c(C)ccc(NC(=O)C(C)C(C)C(=O)O)c1C. The molecular formula is C15H21NO4. The van der Waals surface area contributed by atoms with Crippen LogP contribution in [0.25, 0.3) is 0 Å². The molecule has 1 amide bonds. The third kappa shape index (κ3) is 3.29. The van der Waals surface area contributed by atoms with E-state index in [0.717, 1.165) is 16.9 Å². The second kappa shape index (κ2) is 6.41. The number of methoxy groups -OCH3 is 1. The highest BCUT2D eigenvalue weighted by Crippen LogP contribution is 2.29. The molecule has 0 fully saturated rings. The molecule has 0 aliphatic carbocycles. The summed E-state index contributed by atoms with van der Waals surface area (Å²) in [5.74, 6) is -1.91. The van der Waals surface area contributed by atoms with Gasteiger partial charge in [0.25, 0.3) is 0 Å². The number of hydrogen-bond acceptors (Lipinski definition) is 3. The summed E-state index contributed by atoms with van der Waals surface area (Å²) in [6.07, 6.45) is 0. The van der Waals surface area contributed by atoms with Crippen molar-refractivity contribution in [2.75, 3.05) is 12.4 Å². The number of carbonyl (C=O) groups is 2. The van der Waals surface area contributed by atoms with E-state index in [0.29, 0.717) is 5.69 Å². The summed E-state index contributed by atoms with van der Waals surface area (Å²) in [5.41, 5.74) is 2.45. The number of carbonyl (C=O) groups excluding carboxylic acids is 1. The van der Waals surface area contributed by atoms with Crippen LogP contribution in [0.2, 0.25) is 0 Å². The molecule has 0 aromatic heterocycles. The first-order chi connectivity index (χ1) is 9.29. The zero-order valence-electron chi connectivity index (χ0n) is 12.5. The van der Waals surface area contributed by atoms with E-state index < -0.39 is 17.8 Å². The molecule has 1 rings (SSSR count). The van der Waals surface area contributed by atoms with Gasteiger partial charge in [-0.2, -0.15) is 0 Å². The molecule has 0 heterocycles. The van der Waals surface area contributed by atoms with Crippen LogP contribution in [0.1, 0.15) is 25.0 Å². The number of ether oxygens (including phenoxy) is 1. The van der Waals surface area contributed by atoms with Crippen LogP contribution in [0.15, 0.2) is 12.1 Å². The van der Waals surface area contributed by atoms with E-state index >= 15 is 0 Å². The molecule has 1 aromatic rings. The molecule has 0 saturated heterocycles. The summed E-state index contributed by atoms with van der Waals surface area (Å²) in [6, 6.07) is 3.65. The summed E-state index contributed by atoms with van der Waals surface area (Å²) in [6.45, 7) is 6.91. The number of amides is 1. The summed E-state index contributed by atoms with van der Waals surface area (Å²) in [4.78, 5) is 23.0. The molecular weight excluding hydrogens is 258 g/mol. The molecule has 0 aliphatic heterocycles.